The van der Waals surface area contributed by atoms with Gasteiger partial charge in [-0.3, -0.25) is 0 Å². The Bertz CT molecular complexity index is 211. The van der Waals surface area contributed by atoms with Gasteiger partial charge in [0.25, 0.3) is 0 Å². The van der Waals surface area contributed by atoms with Crippen molar-refractivity contribution in [1.29, 1.82) is 0 Å². The van der Waals surface area contributed by atoms with Crippen LogP contribution in [0.15, 0.2) is 0 Å². The Labute approximate surface area is 121 Å². The average molecular weight is 268 g/mol. The molecule has 0 saturated heterocycles. The van der Waals surface area contributed by atoms with Gasteiger partial charge in [-0.15, -0.1) is 0 Å². The molecule has 0 bridgehead atoms. The Kier molecular flexibility index (Phi) is 8.01. The van der Waals surface area contributed by atoms with E-state index in [-0.39, 0.29) is 0 Å². The topological polar surface area (TPSA) is 29.3 Å². The molecule has 0 amide bonds. The minimum absolute atomic E-state index is 0.425. The molecule has 1 aliphatic rings. The van der Waals surface area contributed by atoms with E-state index >= 15 is 0 Å². The Morgan fingerprint density at radius 3 is 2.00 bits per heavy atom. The van der Waals surface area contributed by atoms with Crippen LogP contribution in [0.3, 0.4) is 0 Å². The van der Waals surface area contributed by atoms with Gasteiger partial charge < -0.3 is 10.6 Å². The average Bonchev–Trinajstić information content (AvgIpc) is 2.44. The molecule has 0 aromatic carbocycles. The number of unbranched alkanes of at least 4 members (excludes halogenated alkanes) is 2. The fourth-order valence-corrected chi connectivity index (χ4v) is 3.31. The van der Waals surface area contributed by atoms with E-state index in [0.717, 1.165) is 12.5 Å². The van der Waals surface area contributed by atoms with E-state index in [1.54, 1.807) is 0 Å². The summed E-state index contributed by atoms with van der Waals surface area (Å²) in [6.07, 6.45) is 10.7. The van der Waals surface area contributed by atoms with Crippen molar-refractivity contribution < 1.29 is 0 Å². The van der Waals surface area contributed by atoms with E-state index in [1.165, 1.54) is 71.0 Å². The van der Waals surface area contributed by atoms with E-state index in [1.807, 2.05) is 0 Å². The van der Waals surface area contributed by atoms with Gasteiger partial charge in [0.15, 0.2) is 0 Å². The number of rotatable bonds is 9. The van der Waals surface area contributed by atoms with Crippen LogP contribution in [0.5, 0.6) is 0 Å². The Morgan fingerprint density at radius 2 is 1.58 bits per heavy atom. The van der Waals surface area contributed by atoms with Gasteiger partial charge in [-0.1, -0.05) is 46.5 Å². The van der Waals surface area contributed by atoms with Gasteiger partial charge in [-0.05, 0) is 56.7 Å². The summed E-state index contributed by atoms with van der Waals surface area (Å²) in [5.41, 5.74) is 6.59. The van der Waals surface area contributed by atoms with Crippen LogP contribution in [-0.2, 0) is 0 Å². The Balaban J connectivity index is 2.52. The van der Waals surface area contributed by atoms with E-state index < -0.39 is 0 Å². The van der Waals surface area contributed by atoms with E-state index in [9.17, 15) is 0 Å². The standard InChI is InChI=1S/C17H36N2/c1-4-6-12-19(13-7-5-2)15-17(14-18)10-8-16(3)9-11-17/h16H,4-15,18H2,1-3H3. The molecule has 0 spiro atoms. The lowest BCUT2D eigenvalue weighted by Gasteiger charge is -2.42. The third-order valence-corrected chi connectivity index (χ3v) is 4.98. The fourth-order valence-electron chi connectivity index (χ4n) is 3.31. The lowest BCUT2D eigenvalue weighted by Crippen LogP contribution is -2.45. The molecule has 2 heteroatoms. The highest BCUT2D eigenvalue weighted by atomic mass is 15.1. The molecule has 0 radical (unpaired) electrons. The van der Waals surface area contributed by atoms with Gasteiger partial charge in [0, 0.05) is 6.54 Å². The highest BCUT2D eigenvalue weighted by molar-refractivity contribution is 4.88. The van der Waals surface area contributed by atoms with Crippen molar-refractivity contribution in [3.63, 3.8) is 0 Å². The van der Waals surface area contributed by atoms with Crippen LogP contribution in [0, 0.1) is 11.3 Å². The third-order valence-electron chi connectivity index (χ3n) is 4.98. The number of hydrogen-bond acceptors (Lipinski definition) is 2. The lowest BCUT2D eigenvalue weighted by atomic mass is 9.70. The first-order chi connectivity index (χ1) is 9.15. The molecule has 2 N–H and O–H groups in total. The van der Waals surface area contributed by atoms with Gasteiger partial charge in [0.1, 0.15) is 0 Å². The summed E-state index contributed by atoms with van der Waals surface area (Å²) in [4.78, 5) is 2.70. The predicted octanol–water partition coefficient (Wildman–Crippen LogP) is 4.04. The molecule has 0 atom stereocenters. The molecule has 0 aromatic rings. The van der Waals surface area contributed by atoms with Crippen LogP contribution in [0.1, 0.15) is 72.1 Å². The van der Waals surface area contributed by atoms with Crippen molar-refractivity contribution in [3.05, 3.63) is 0 Å². The smallest absolute Gasteiger partial charge is 0.00501 e. The van der Waals surface area contributed by atoms with Crippen LogP contribution in [0.4, 0.5) is 0 Å². The SMILES string of the molecule is CCCCN(CCCC)CC1(CN)CCC(C)CC1. The molecule has 1 saturated carbocycles. The summed E-state index contributed by atoms with van der Waals surface area (Å²) in [6.45, 7) is 11.6. The molecule has 1 fully saturated rings. The largest absolute Gasteiger partial charge is 0.330 e. The van der Waals surface area contributed by atoms with Crippen molar-refractivity contribution in [3.8, 4) is 0 Å². The van der Waals surface area contributed by atoms with Gasteiger partial charge in [-0.25, -0.2) is 0 Å². The zero-order chi connectivity index (χ0) is 14.1. The highest BCUT2D eigenvalue weighted by Gasteiger charge is 2.34. The number of nitrogens with two attached hydrogens (primary N) is 1. The summed E-state index contributed by atoms with van der Waals surface area (Å²) in [5.74, 6) is 0.916. The number of hydrogen-bond donors (Lipinski definition) is 1. The molecule has 1 aliphatic carbocycles. The molecule has 1 rings (SSSR count). The van der Waals surface area contributed by atoms with Crippen LogP contribution < -0.4 is 5.73 Å². The fraction of sp³-hybridized carbons (Fsp3) is 1.00. The minimum atomic E-state index is 0.425. The summed E-state index contributed by atoms with van der Waals surface area (Å²) in [7, 11) is 0. The van der Waals surface area contributed by atoms with Gasteiger partial charge >= 0.3 is 0 Å². The van der Waals surface area contributed by atoms with Crippen molar-refractivity contribution >= 4 is 0 Å². The Morgan fingerprint density at radius 1 is 1.05 bits per heavy atom. The van der Waals surface area contributed by atoms with Crippen LogP contribution in [0.2, 0.25) is 0 Å². The summed E-state index contributed by atoms with van der Waals surface area (Å²) < 4.78 is 0. The maximum absolute atomic E-state index is 6.16. The number of nitrogens with zero attached hydrogens (tertiary/aromatic N) is 1. The van der Waals surface area contributed by atoms with Crippen LogP contribution in [-0.4, -0.2) is 31.1 Å². The molecule has 114 valence electrons. The normalized spacial score (nSPS) is 27.9. The second kappa shape index (κ2) is 8.97. The first-order valence-corrected chi connectivity index (χ1v) is 8.58. The first kappa shape index (κ1) is 17.0. The maximum atomic E-state index is 6.16. The second-order valence-corrected chi connectivity index (χ2v) is 6.87. The quantitative estimate of drug-likeness (QED) is 0.684. The molecule has 19 heavy (non-hydrogen) atoms. The summed E-state index contributed by atoms with van der Waals surface area (Å²) in [6, 6.07) is 0. The minimum Gasteiger partial charge on any atom is -0.330 e. The molecule has 0 unspecified atom stereocenters. The van der Waals surface area contributed by atoms with Crippen molar-refractivity contribution in [2.75, 3.05) is 26.2 Å². The van der Waals surface area contributed by atoms with E-state index in [2.05, 4.69) is 25.7 Å². The second-order valence-electron chi connectivity index (χ2n) is 6.87. The molecule has 2 nitrogen and oxygen atoms in total. The molecule has 0 aromatic heterocycles. The third kappa shape index (κ3) is 5.83. The van der Waals surface area contributed by atoms with Crippen molar-refractivity contribution in [1.82, 2.24) is 4.90 Å². The van der Waals surface area contributed by atoms with Crippen molar-refractivity contribution in [2.45, 2.75) is 72.1 Å². The lowest BCUT2D eigenvalue weighted by molar-refractivity contribution is 0.0928. The van der Waals surface area contributed by atoms with Crippen LogP contribution >= 0.6 is 0 Å². The first-order valence-electron chi connectivity index (χ1n) is 8.58. The maximum Gasteiger partial charge on any atom is 0.00501 e. The van der Waals surface area contributed by atoms with Crippen molar-refractivity contribution in [2.24, 2.45) is 17.1 Å². The monoisotopic (exact) mass is 268 g/mol. The summed E-state index contributed by atoms with van der Waals surface area (Å²) in [5, 5.41) is 0. The zero-order valence-corrected chi connectivity index (χ0v) is 13.6. The molecular formula is C17H36N2. The Hall–Kier alpha value is -0.0800. The molecule has 0 aliphatic heterocycles. The highest BCUT2D eigenvalue weighted by Crippen LogP contribution is 2.38. The van der Waals surface area contributed by atoms with Gasteiger partial charge in [0.2, 0.25) is 0 Å². The predicted molar refractivity (Wildman–Crippen MR) is 85.4 cm³/mol. The summed E-state index contributed by atoms with van der Waals surface area (Å²) >= 11 is 0. The molecule has 0 heterocycles. The molecular weight excluding hydrogens is 232 g/mol. The van der Waals surface area contributed by atoms with Crippen LogP contribution in [0.25, 0.3) is 0 Å². The zero-order valence-electron chi connectivity index (χ0n) is 13.6. The van der Waals surface area contributed by atoms with Gasteiger partial charge in [0.05, 0.1) is 0 Å². The van der Waals surface area contributed by atoms with E-state index in [0.29, 0.717) is 5.41 Å². The van der Waals surface area contributed by atoms with E-state index in [4.69, 9.17) is 5.73 Å². The van der Waals surface area contributed by atoms with Gasteiger partial charge in [-0.2, -0.15) is 0 Å².